The highest BCUT2D eigenvalue weighted by Crippen LogP contribution is 2.35. The lowest BCUT2D eigenvalue weighted by molar-refractivity contribution is 0.0746. The molecule has 2 aromatic carbocycles. The van der Waals surface area contributed by atoms with E-state index in [2.05, 4.69) is 4.90 Å². The summed E-state index contributed by atoms with van der Waals surface area (Å²) in [7, 11) is -3.33. The van der Waals surface area contributed by atoms with E-state index in [-0.39, 0.29) is 11.9 Å². The van der Waals surface area contributed by atoms with Gasteiger partial charge in [-0.1, -0.05) is 17.7 Å². The highest BCUT2D eigenvalue weighted by atomic mass is 35.5. The third-order valence-electron chi connectivity index (χ3n) is 5.58. The molecule has 6 nitrogen and oxygen atoms in total. The first-order valence-electron chi connectivity index (χ1n) is 9.66. The zero-order chi connectivity index (χ0) is 20.8. The molecule has 0 aliphatic carbocycles. The van der Waals surface area contributed by atoms with Crippen molar-refractivity contribution in [1.29, 1.82) is 0 Å². The van der Waals surface area contributed by atoms with E-state index in [4.69, 9.17) is 11.6 Å². The number of halogens is 1. The lowest BCUT2D eigenvalue weighted by Crippen LogP contribution is -2.48. The monoisotopic (exact) mass is 433 g/mol. The van der Waals surface area contributed by atoms with Gasteiger partial charge in [-0.15, -0.1) is 0 Å². The number of amides is 1. The number of anilines is 2. The molecule has 4 rings (SSSR count). The fraction of sp³-hybridized carbons (Fsp3) is 0.381. The van der Waals surface area contributed by atoms with Crippen LogP contribution < -0.4 is 9.21 Å². The molecule has 2 aromatic rings. The zero-order valence-electron chi connectivity index (χ0n) is 16.5. The normalized spacial score (nSPS) is 19.4. The number of piperazine rings is 1. The minimum atomic E-state index is -3.33. The van der Waals surface area contributed by atoms with E-state index in [9.17, 15) is 13.2 Å². The SMILES string of the molecule is C[C@@H]1Cc2cc(C(=O)N3CCN(c4cccc(Cl)c4)CC3)ccc2N1S(C)(=O)=O. The molecule has 154 valence electrons. The molecule has 0 unspecified atom stereocenters. The number of hydrogen-bond acceptors (Lipinski definition) is 4. The third-order valence-corrected chi connectivity index (χ3v) is 7.08. The van der Waals surface area contributed by atoms with Gasteiger partial charge in [-0.3, -0.25) is 9.10 Å². The molecule has 1 fully saturated rings. The Balaban J connectivity index is 1.47. The molecule has 0 N–H and O–H groups in total. The summed E-state index contributed by atoms with van der Waals surface area (Å²) in [6.07, 6.45) is 1.84. The van der Waals surface area contributed by atoms with E-state index in [1.165, 1.54) is 10.6 Å². The Morgan fingerprint density at radius 2 is 1.79 bits per heavy atom. The Labute approximate surface area is 176 Å². The van der Waals surface area contributed by atoms with Crippen LogP contribution in [-0.4, -0.2) is 57.7 Å². The van der Waals surface area contributed by atoms with Crippen molar-refractivity contribution in [3.05, 3.63) is 58.6 Å². The Morgan fingerprint density at radius 3 is 2.45 bits per heavy atom. The van der Waals surface area contributed by atoms with Gasteiger partial charge >= 0.3 is 0 Å². The molecule has 8 heteroatoms. The van der Waals surface area contributed by atoms with Gasteiger partial charge in [0.1, 0.15) is 0 Å². The van der Waals surface area contributed by atoms with Crippen molar-refractivity contribution in [3.63, 3.8) is 0 Å². The second-order valence-corrected chi connectivity index (χ2v) is 10.0. The molecular weight excluding hydrogens is 410 g/mol. The summed E-state index contributed by atoms with van der Waals surface area (Å²) in [6.45, 7) is 4.64. The summed E-state index contributed by atoms with van der Waals surface area (Å²) in [4.78, 5) is 17.1. The Morgan fingerprint density at radius 1 is 1.07 bits per heavy atom. The van der Waals surface area contributed by atoms with E-state index >= 15 is 0 Å². The van der Waals surface area contributed by atoms with Crippen LogP contribution in [0.3, 0.4) is 0 Å². The smallest absolute Gasteiger partial charge is 0.253 e. The number of nitrogens with zero attached hydrogens (tertiary/aromatic N) is 3. The molecule has 1 saturated heterocycles. The summed E-state index contributed by atoms with van der Waals surface area (Å²) in [5, 5.41) is 0.705. The number of hydrogen-bond donors (Lipinski definition) is 0. The van der Waals surface area contributed by atoms with Crippen molar-refractivity contribution >= 4 is 38.9 Å². The van der Waals surface area contributed by atoms with Crippen molar-refractivity contribution in [1.82, 2.24) is 4.90 Å². The highest BCUT2D eigenvalue weighted by molar-refractivity contribution is 7.92. The second kappa shape index (κ2) is 7.54. The van der Waals surface area contributed by atoms with Crippen LogP contribution >= 0.6 is 11.6 Å². The number of sulfonamides is 1. The van der Waals surface area contributed by atoms with Crippen molar-refractivity contribution in [2.24, 2.45) is 0 Å². The molecule has 0 bridgehead atoms. The quantitative estimate of drug-likeness (QED) is 0.746. The van der Waals surface area contributed by atoms with Gasteiger partial charge < -0.3 is 9.80 Å². The van der Waals surface area contributed by atoms with Gasteiger partial charge in [0.2, 0.25) is 10.0 Å². The lowest BCUT2D eigenvalue weighted by atomic mass is 10.1. The molecule has 0 saturated carbocycles. The molecule has 2 aliphatic rings. The summed E-state index contributed by atoms with van der Waals surface area (Å²) in [6, 6.07) is 13.0. The molecule has 1 atom stereocenters. The van der Waals surface area contributed by atoms with Crippen LogP contribution in [0, 0.1) is 0 Å². The van der Waals surface area contributed by atoms with Gasteiger partial charge in [-0.25, -0.2) is 8.42 Å². The molecule has 2 aliphatic heterocycles. The van der Waals surface area contributed by atoms with Crippen LogP contribution in [0.1, 0.15) is 22.8 Å². The Bertz CT molecular complexity index is 1050. The zero-order valence-corrected chi connectivity index (χ0v) is 18.1. The Hall–Kier alpha value is -2.25. The van der Waals surface area contributed by atoms with E-state index < -0.39 is 10.0 Å². The fourth-order valence-corrected chi connectivity index (χ4v) is 5.71. The first kappa shape index (κ1) is 20.0. The van der Waals surface area contributed by atoms with Gasteiger partial charge in [0, 0.05) is 48.5 Å². The van der Waals surface area contributed by atoms with Crippen LogP contribution in [0.2, 0.25) is 5.02 Å². The summed E-state index contributed by atoms with van der Waals surface area (Å²) in [5.41, 5.74) is 3.27. The first-order valence-corrected chi connectivity index (χ1v) is 11.9. The van der Waals surface area contributed by atoms with Crippen LogP contribution in [0.25, 0.3) is 0 Å². The van der Waals surface area contributed by atoms with E-state index in [0.29, 0.717) is 35.8 Å². The molecular formula is C21H24ClN3O3S. The molecule has 2 heterocycles. The van der Waals surface area contributed by atoms with Crippen molar-refractivity contribution < 1.29 is 13.2 Å². The standard InChI is InChI=1S/C21H24ClN3O3S/c1-15-12-17-13-16(6-7-20(17)25(15)29(2,27)28)21(26)24-10-8-23(9-11-24)19-5-3-4-18(22)14-19/h3-7,13-15H,8-12H2,1-2H3/t15-/m1/s1. The summed E-state index contributed by atoms with van der Waals surface area (Å²) in [5.74, 6) is -0.0102. The molecule has 1 amide bonds. The predicted molar refractivity (Wildman–Crippen MR) is 116 cm³/mol. The maximum absolute atomic E-state index is 13.0. The third kappa shape index (κ3) is 3.94. The number of carbonyl (C=O) groups excluding carboxylic acids is 1. The van der Waals surface area contributed by atoms with Crippen LogP contribution in [0.5, 0.6) is 0 Å². The minimum Gasteiger partial charge on any atom is -0.368 e. The van der Waals surface area contributed by atoms with Crippen LogP contribution in [0.15, 0.2) is 42.5 Å². The second-order valence-electron chi connectivity index (χ2n) is 7.71. The van der Waals surface area contributed by atoms with Crippen molar-refractivity contribution in [3.8, 4) is 0 Å². The fourth-order valence-electron chi connectivity index (χ4n) is 4.26. The maximum atomic E-state index is 13.0. The number of fused-ring (bicyclic) bond motifs is 1. The van der Waals surface area contributed by atoms with E-state index in [0.717, 1.165) is 24.3 Å². The largest absolute Gasteiger partial charge is 0.368 e. The van der Waals surface area contributed by atoms with Crippen molar-refractivity contribution in [2.75, 3.05) is 41.6 Å². The van der Waals surface area contributed by atoms with Gasteiger partial charge in [-0.05, 0) is 55.3 Å². The van der Waals surface area contributed by atoms with Crippen molar-refractivity contribution in [2.45, 2.75) is 19.4 Å². The molecule has 0 aromatic heterocycles. The average Bonchev–Trinajstić information content (AvgIpc) is 3.02. The topological polar surface area (TPSA) is 60.9 Å². The van der Waals surface area contributed by atoms with Crippen LogP contribution in [0.4, 0.5) is 11.4 Å². The van der Waals surface area contributed by atoms with Crippen LogP contribution in [-0.2, 0) is 16.4 Å². The average molecular weight is 434 g/mol. The number of carbonyl (C=O) groups is 1. The van der Waals surface area contributed by atoms with Gasteiger partial charge in [0.05, 0.1) is 11.9 Å². The van der Waals surface area contributed by atoms with Gasteiger partial charge in [0.15, 0.2) is 0 Å². The first-order chi connectivity index (χ1) is 13.7. The molecule has 0 radical (unpaired) electrons. The maximum Gasteiger partial charge on any atom is 0.253 e. The van der Waals surface area contributed by atoms with E-state index in [1.807, 2.05) is 42.2 Å². The predicted octanol–water partition coefficient (Wildman–Crippen LogP) is 3.01. The number of rotatable bonds is 3. The van der Waals surface area contributed by atoms with Gasteiger partial charge in [0.25, 0.3) is 5.91 Å². The number of benzene rings is 2. The summed E-state index contributed by atoms with van der Waals surface area (Å²) < 4.78 is 25.6. The van der Waals surface area contributed by atoms with Gasteiger partial charge in [-0.2, -0.15) is 0 Å². The highest BCUT2D eigenvalue weighted by Gasteiger charge is 2.33. The lowest BCUT2D eigenvalue weighted by Gasteiger charge is -2.36. The molecule has 0 spiro atoms. The molecule has 29 heavy (non-hydrogen) atoms. The van der Waals surface area contributed by atoms with E-state index in [1.54, 1.807) is 12.1 Å². The summed E-state index contributed by atoms with van der Waals surface area (Å²) >= 11 is 6.09. The minimum absolute atomic E-state index is 0.0102. The Kier molecular flexibility index (Phi) is 5.21.